The Morgan fingerprint density at radius 2 is 2.00 bits per heavy atom. The van der Waals surface area contributed by atoms with Gasteiger partial charge in [0.2, 0.25) is 0 Å². The van der Waals surface area contributed by atoms with E-state index in [-0.39, 0.29) is 17.5 Å². The first-order valence-electron chi connectivity index (χ1n) is 4.52. The first-order chi connectivity index (χ1) is 6.66. The van der Waals surface area contributed by atoms with Crippen molar-refractivity contribution in [3.8, 4) is 11.5 Å². The van der Waals surface area contributed by atoms with Gasteiger partial charge in [-0.3, -0.25) is 0 Å². The van der Waals surface area contributed by atoms with Crippen LogP contribution in [0.5, 0.6) is 11.5 Å². The summed E-state index contributed by atoms with van der Waals surface area (Å²) in [7, 11) is 0. The Bertz CT molecular complexity index is 303. The van der Waals surface area contributed by atoms with Crippen LogP contribution in [0.2, 0.25) is 0 Å². The molecule has 0 radical (unpaired) electrons. The summed E-state index contributed by atoms with van der Waals surface area (Å²) in [5.74, 6) is 0.211. The molecule has 3 nitrogen and oxygen atoms in total. The summed E-state index contributed by atoms with van der Waals surface area (Å²) >= 11 is 0. The summed E-state index contributed by atoms with van der Waals surface area (Å²) in [5, 5.41) is 22.2. The number of phenolic OH excluding ortho intramolecular Hbond substituents is 2. The maximum Gasteiger partial charge on any atom is 0.124 e. The van der Waals surface area contributed by atoms with Crippen LogP contribution in [-0.4, -0.2) is 16.8 Å². The molecule has 0 bridgehead atoms. The van der Waals surface area contributed by atoms with Gasteiger partial charge in [0.1, 0.15) is 11.5 Å². The molecule has 3 heteroatoms. The van der Waals surface area contributed by atoms with E-state index in [4.69, 9.17) is 0 Å². The Morgan fingerprint density at radius 1 is 1.43 bits per heavy atom. The predicted molar refractivity (Wildman–Crippen MR) is 56.4 cm³/mol. The molecule has 0 spiro atoms. The Morgan fingerprint density at radius 3 is 2.50 bits per heavy atom. The van der Waals surface area contributed by atoms with Crippen LogP contribution >= 0.6 is 0 Å². The van der Waals surface area contributed by atoms with Gasteiger partial charge in [-0.15, -0.1) is 6.58 Å². The van der Waals surface area contributed by atoms with E-state index < -0.39 is 0 Å². The van der Waals surface area contributed by atoms with Crippen LogP contribution in [0.3, 0.4) is 0 Å². The van der Waals surface area contributed by atoms with Crippen LogP contribution in [-0.2, 0) is 0 Å². The summed E-state index contributed by atoms with van der Waals surface area (Å²) in [6, 6.07) is 4.62. The second kappa shape index (κ2) is 4.67. The number of benzene rings is 1. The zero-order valence-electron chi connectivity index (χ0n) is 8.20. The van der Waals surface area contributed by atoms with Crippen LogP contribution < -0.4 is 5.32 Å². The highest BCUT2D eigenvalue weighted by molar-refractivity contribution is 5.44. The fourth-order valence-electron chi connectivity index (χ4n) is 1.35. The smallest absolute Gasteiger partial charge is 0.124 e. The predicted octanol–water partition coefficient (Wildman–Crippen LogP) is 1.93. The van der Waals surface area contributed by atoms with Crippen molar-refractivity contribution >= 4 is 0 Å². The first kappa shape index (κ1) is 10.6. The van der Waals surface area contributed by atoms with Crippen molar-refractivity contribution in [3.05, 3.63) is 36.4 Å². The van der Waals surface area contributed by atoms with E-state index in [9.17, 15) is 10.2 Å². The van der Waals surface area contributed by atoms with Crippen molar-refractivity contribution in [2.45, 2.75) is 13.0 Å². The lowest BCUT2D eigenvalue weighted by Gasteiger charge is -2.15. The van der Waals surface area contributed by atoms with Gasteiger partial charge in [-0.25, -0.2) is 0 Å². The van der Waals surface area contributed by atoms with Gasteiger partial charge in [-0.2, -0.15) is 0 Å². The highest BCUT2D eigenvalue weighted by Crippen LogP contribution is 2.31. The lowest BCUT2D eigenvalue weighted by atomic mass is 10.1. The second-order valence-corrected chi connectivity index (χ2v) is 3.13. The molecular weight excluding hydrogens is 178 g/mol. The molecule has 0 fully saturated rings. The lowest BCUT2D eigenvalue weighted by molar-refractivity contribution is 0.422. The fraction of sp³-hybridized carbons (Fsp3) is 0.273. The first-order valence-corrected chi connectivity index (χ1v) is 4.52. The van der Waals surface area contributed by atoms with Gasteiger partial charge in [-0.1, -0.05) is 12.1 Å². The molecule has 1 aromatic rings. The van der Waals surface area contributed by atoms with E-state index in [0.29, 0.717) is 12.1 Å². The van der Waals surface area contributed by atoms with Crippen molar-refractivity contribution < 1.29 is 10.2 Å². The van der Waals surface area contributed by atoms with Gasteiger partial charge in [0.25, 0.3) is 0 Å². The van der Waals surface area contributed by atoms with E-state index in [0.717, 1.165) is 0 Å². The molecule has 0 saturated heterocycles. The highest BCUT2D eigenvalue weighted by Gasteiger charge is 2.13. The van der Waals surface area contributed by atoms with Gasteiger partial charge in [0, 0.05) is 12.6 Å². The minimum atomic E-state index is -0.103. The van der Waals surface area contributed by atoms with Crippen LogP contribution in [0.1, 0.15) is 18.5 Å². The lowest BCUT2D eigenvalue weighted by Crippen LogP contribution is -2.18. The topological polar surface area (TPSA) is 52.5 Å². The van der Waals surface area contributed by atoms with E-state index in [1.165, 1.54) is 0 Å². The zero-order chi connectivity index (χ0) is 10.6. The Labute approximate surface area is 83.7 Å². The number of phenols is 2. The van der Waals surface area contributed by atoms with Gasteiger partial charge in [0.15, 0.2) is 0 Å². The van der Waals surface area contributed by atoms with Crippen LogP contribution in [0.15, 0.2) is 30.9 Å². The summed E-state index contributed by atoms with van der Waals surface area (Å²) < 4.78 is 0. The number of hydrogen-bond donors (Lipinski definition) is 3. The Hall–Kier alpha value is -1.48. The molecule has 0 saturated carbocycles. The maximum atomic E-state index is 9.54. The molecule has 1 atom stereocenters. The molecule has 0 amide bonds. The summed E-state index contributed by atoms with van der Waals surface area (Å²) in [6.45, 7) is 6.09. The molecule has 1 aromatic carbocycles. The van der Waals surface area contributed by atoms with Crippen LogP contribution in [0, 0.1) is 0 Å². The van der Waals surface area contributed by atoms with Crippen molar-refractivity contribution in [1.82, 2.24) is 5.32 Å². The molecule has 0 heterocycles. The van der Waals surface area contributed by atoms with Gasteiger partial charge >= 0.3 is 0 Å². The van der Waals surface area contributed by atoms with Crippen molar-refractivity contribution in [3.63, 3.8) is 0 Å². The standard InChI is InChI=1S/C11H15NO2/c1-3-7-12-8(2)11-9(13)5-4-6-10(11)14/h3-6,8,12-14H,1,7H2,2H3. The molecule has 0 aliphatic heterocycles. The summed E-state index contributed by atoms with van der Waals surface area (Å²) in [6.07, 6.45) is 1.73. The van der Waals surface area contributed by atoms with Crippen LogP contribution in [0.4, 0.5) is 0 Å². The largest absolute Gasteiger partial charge is 0.507 e. The average molecular weight is 193 g/mol. The molecule has 1 unspecified atom stereocenters. The number of nitrogens with one attached hydrogen (secondary N) is 1. The van der Waals surface area contributed by atoms with E-state index >= 15 is 0 Å². The van der Waals surface area contributed by atoms with Gasteiger partial charge in [0.05, 0.1) is 5.56 Å². The Balaban J connectivity index is 2.87. The number of hydrogen-bond acceptors (Lipinski definition) is 3. The van der Waals surface area contributed by atoms with Gasteiger partial charge < -0.3 is 15.5 Å². The monoisotopic (exact) mass is 193 g/mol. The molecule has 0 aliphatic carbocycles. The number of aromatic hydroxyl groups is 2. The second-order valence-electron chi connectivity index (χ2n) is 3.13. The Kier molecular flexibility index (Phi) is 3.54. The quantitative estimate of drug-likeness (QED) is 0.640. The van der Waals surface area contributed by atoms with Gasteiger partial charge in [-0.05, 0) is 19.1 Å². The zero-order valence-corrected chi connectivity index (χ0v) is 8.20. The van der Waals surface area contributed by atoms with E-state index in [1.807, 2.05) is 6.92 Å². The minimum absolute atomic E-state index is 0.103. The SMILES string of the molecule is C=CCNC(C)c1c(O)cccc1O. The third-order valence-electron chi connectivity index (χ3n) is 2.06. The molecule has 0 aliphatic rings. The number of rotatable bonds is 4. The molecule has 1 rings (SSSR count). The normalized spacial score (nSPS) is 12.4. The molecule has 0 aromatic heterocycles. The maximum absolute atomic E-state index is 9.54. The fourth-order valence-corrected chi connectivity index (χ4v) is 1.35. The third-order valence-corrected chi connectivity index (χ3v) is 2.06. The highest BCUT2D eigenvalue weighted by atomic mass is 16.3. The van der Waals surface area contributed by atoms with Crippen LogP contribution in [0.25, 0.3) is 0 Å². The molecule has 3 N–H and O–H groups in total. The van der Waals surface area contributed by atoms with E-state index in [1.54, 1.807) is 24.3 Å². The minimum Gasteiger partial charge on any atom is -0.507 e. The van der Waals surface area contributed by atoms with Crippen molar-refractivity contribution in [2.24, 2.45) is 0 Å². The third kappa shape index (κ3) is 2.26. The molecule has 14 heavy (non-hydrogen) atoms. The van der Waals surface area contributed by atoms with Crippen molar-refractivity contribution in [1.29, 1.82) is 0 Å². The average Bonchev–Trinajstić information content (AvgIpc) is 2.14. The summed E-state index contributed by atoms with van der Waals surface area (Å²) in [4.78, 5) is 0. The summed E-state index contributed by atoms with van der Waals surface area (Å²) in [5.41, 5.74) is 0.523. The molecular formula is C11H15NO2. The van der Waals surface area contributed by atoms with Crippen molar-refractivity contribution in [2.75, 3.05) is 6.54 Å². The van der Waals surface area contributed by atoms with E-state index in [2.05, 4.69) is 11.9 Å². The molecule has 76 valence electrons.